The summed E-state index contributed by atoms with van der Waals surface area (Å²) in [6, 6.07) is 27.1. The zero-order valence-electron chi connectivity index (χ0n) is 14.8. The van der Waals surface area contributed by atoms with Crippen molar-refractivity contribution in [2.45, 2.75) is 29.1 Å². The highest BCUT2D eigenvalue weighted by Gasteiger charge is 2.34. The van der Waals surface area contributed by atoms with Gasteiger partial charge in [-0.05, 0) is 55.6 Å². The molecule has 0 aromatic heterocycles. The predicted molar refractivity (Wildman–Crippen MR) is 113 cm³/mol. The van der Waals surface area contributed by atoms with Crippen molar-refractivity contribution in [2.75, 3.05) is 0 Å². The van der Waals surface area contributed by atoms with Crippen molar-refractivity contribution in [3.63, 3.8) is 0 Å². The van der Waals surface area contributed by atoms with E-state index in [0.717, 1.165) is 0 Å². The quantitative estimate of drug-likeness (QED) is 0.263. The summed E-state index contributed by atoms with van der Waals surface area (Å²) in [7, 11) is 0. The molecule has 0 radical (unpaired) electrons. The van der Waals surface area contributed by atoms with Gasteiger partial charge in [0.2, 0.25) is 0 Å². The summed E-state index contributed by atoms with van der Waals surface area (Å²) in [6.45, 7) is 4.73. The molecule has 26 heavy (non-hydrogen) atoms. The zero-order chi connectivity index (χ0) is 17.5. The Kier molecular flexibility index (Phi) is 2.71. The van der Waals surface area contributed by atoms with E-state index in [-0.39, 0.29) is 5.41 Å². The van der Waals surface area contributed by atoms with Gasteiger partial charge in [0.1, 0.15) is 0 Å². The van der Waals surface area contributed by atoms with Gasteiger partial charge in [0.15, 0.2) is 0 Å². The summed E-state index contributed by atoms with van der Waals surface area (Å²) >= 11 is 1.94. The number of benzene rings is 5. The fraction of sp³-hybridized carbons (Fsp3) is 0.120. The smallest absolute Gasteiger partial charge is 0.0242 e. The molecule has 5 aromatic carbocycles. The minimum atomic E-state index is 0.0155. The lowest BCUT2D eigenvalue weighted by molar-refractivity contribution is 0.610. The van der Waals surface area contributed by atoms with E-state index in [0.29, 0.717) is 0 Å². The fourth-order valence-corrected chi connectivity index (χ4v) is 6.19. The first-order valence-corrected chi connectivity index (χ1v) is 9.94. The summed E-state index contributed by atoms with van der Waals surface area (Å²) in [5.41, 5.74) is 2.90. The zero-order valence-corrected chi connectivity index (χ0v) is 15.7. The van der Waals surface area contributed by atoms with E-state index in [4.69, 9.17) is 0 Å². The van der Waals surface area contributed by atoms with Crippen LogP contribution < -0.4 is 0 Å². The molecule has 124 valence electrons. The molecular weight excluding hydrogens is 332 g/mol. The average molecular weight is 350 g/mol. The van der Waals surface area contributed by atoms with Crippen molar-refractivity contribution < 1.29 is 0 Å². The topological polar surface area (TPSA) is 0 Å². The van der Waals surface area contributed by atoms with E-state index in [2.05, 4.69) is 86.6 Å². The molecule has 0 nitrogen and oxygen atoms in total. The van der Waals surface area contributed by atoms with Crippen LogP contribution in [0.3, 0.4) is 0 Å². The number of hydrogen-bond acceptors (Lipinski definition) is 1. The largest absolute Gasteiger partial charge is 0.0888 e. The summed E-state index contributed by atoms with van der Waals surface area (Å²) < 4.78 is 0. The summed E-state index contributed by atoms with van der Waals surface area (Å²) in [4.78, 5) is 2.82. The molecule has 0 bridgehead atoms. The second-order valence-electron chi connectivity index (χ2n) is 7.83. The van der Waals surface area contributed by atoms with Gasteiger partial charge in [-0.3, -0.25) is 0 Å². The molecule has 0 amide bonds. The predicted octanol–water partition coefficient (Wildman–Crippen LogP) is 7.37. The number of rotatable bonds is 0. The molecule has 0 saturated heterocycles. The Labute approximate surface area is 157 Å². The maximum Gasteiger partial charge on any atom is 0.0242 e. The average Bonchev–Trinajstić information content (AvgIpc) is 2.66. The van der Waals surface area contributed by atoms with E-state index < -0.39 is 0 Å². The van der Waals surface area contributed by atoms with E-state index in [9.17, 15) is 0 Å². The second-order valence-corrected chi connectivity index (χ2v) is 8.88. The molecule has 1 heteroatoms. The summed E-state index contributed by atoms with van der Waals surface area (Å²) in [5, 5.41) is 8.25. The monoisotopic (exact) mass is 350 g/mol. The first-order valence-electron chi connectivity index (χ1n) is 9.13. The lowest BCUT2D eigenvalue weighted by Gasteiger charge is -2.35. The molecule has 6 rings (SSSR count). The minimum Gasteiger partial charge on any atom is -0.0888 e. The van der Waals surface area contributed by atoms with Gasteiger partial charge in [-0.25, -0.2) is 0 Å². The van der Waals surface area contributed by atoms with Crippen LogP contribution in [0.1, 0.15) is 25.0 Å². The Morgan fingerprint density at radius 3 is 2.23 bits per heavy atom. The number of fused-ring (bicyclic) bond motifs is 3. The van der Waals surface area contributed by atoms with Crippen LogP contribution in [0.5, 0.6) is 0 Å². The van der Waals surface area contributed by atoms with Crippen molar-refractivity contribution in [2.24, 2.45) is 0 Å². The molecule has 5 aromatic rings. The lowest BCUT2D eigenvalue weighted by Crippen LogP contribution is -2.23. The van der Waals surface area contributed by atoms with Crippen LogP contribution in [-0.2, 0) is 5.41 Å². The molecule has 0 unspecified atom stereocenters. The highest BCUT2D eigenvalue weighted by molar-refractivity contribution is 7.99. The van der Waals surface area contributed by atoms with Crippen LogP contribution in [0, 0.1) is 0 Å². The van der Waals surface area contributed by atoms with Crippen LogP contribution in [0.2, 0.25) is 0 Å². The van der Waals surface area contributed by atoms with Crippen LogP contribution in [0.4, 0.5) is 0 Å². The third kappa shape index (κ3) is 1.72. The van der Waals surface area contributed by atoms with Gasteiger partial charge in [0.25, 0.3) is 0 Å². The van der Waals surface area contributed by atoms with Crippen molar-refractivity contribution >= 4 is 44.1 Å². The third-order valence-corrected chi connectivity index (χ3v) is 7.26. The lowest BCUT2D eigenvalue weighted by atomic mass is 9.76. The highest BCUT2D eigenvalue weighted by Crippen LogP contribution is 2.53. The van der Waals surface area contributed by atoms with Crippen LogP contribution in [0.25, 0.3) is 32.3 Å². The Morgan fingerprint density at radius 2 is 1.38 bits per heavy atom. The van der Waals surface area contributed by atoms with Gasteiger partial charge in [0.05, 0.1) is 0 Å². The van der Waals surface area contributed by atoms with Crippen molar-refractivity contribution in [1.29, 1.82) is 0 Å². The first kappa shape index (κ1) is 14.6. The Hall–Kier alpha value is -2.51. The molecule has 0 saturated carbocycles. The van der Waals surface area contributed by atoms with E-state index in [1.54, 1.807) is 0 Å². The van der Waals surface area contributed by atoms with Gasteiger partial charge < -0.3 is 0 Å². The van der Waals surface area contributed by atoms with Crippen LogP contribution in [0.15, 0.2) is 82.6 Å². The molecule has 1 heterocycles. The second kappa shape index (κ2) is 4.81. The molecule has 1 aliphatic heterocycles. The van der Waals surface area contributed by atoms with Crippen LogP contribution in [-0.4, -0.2) is 0 Å². The fourth-order valence-electron chi connectivity index (χ4n) is 4.69. The van der Waals surface area contributed by atoms with Crippen LogP contribution >= 0.6 is 11.8 Å². The Morgan fingerprint density at radius 1 is 0.654 bits per heavy atom. The molecule has 0 fully saturated rings. The van der Waals surface area contributed by atoms with Crippen molar-refractivity contribution in [3.05, 3.63) is 83.9 Å². The van der Waals surface area contributed by atoms with Gasteiger partial charge in [-0.2, -0.15) is 0 Å². The highest BCUT2D eigenvalue weighted by atomic mass is 32.2. The van der Waals surface area contributed by atoms with E-state index >= 15 is 0 Å². The molecular formula is C25H18S. The van der Waals surface area contributed by atoms with E-state index in [1.165, 1.54) is 53.2 Å². The minimum absolute atomic E-state index is 0.0155. The summed E-state index contributed by atoms with van der Waals surface area (Å²) in [5.74, 6) is 0. The van der Waals surface area contributed by atoms with Gasteiger partial charge >= 0.3 is 0 Å². The maximum absolute atomic E-state index is 2.44. The molecule has 0 aliphatic carbocycles. The first-order chi connectivity index (χ1) is 12.6. The standard InChI is InChI=1S/C25H18S/c1-25(2)19-8-3-4-9-21(19)26-24-18-13-12-16-7-5-6-15-10-11-17(14-20(24)25)23(18)22(15)16/h3-14H,1-2H3. The van der Waals surface area contributed by atoms with Crippen molar-refractivity contribution in [3.8, 4) is 0 Å². The van der Waals surface area contributed by atoms with Gasteiger partial charge in [-0.1, -0.05) is 86.3 Å². The Balaban J connectivity index is 1.82. The molecule has 1 aliphatic rings. The molecule has 0 spiro atoms. The van der Waals surface area contributed by atoms with E-state index in [1.807, 2.05) is 11.8 Å². The van der Waals surface area contributed by atoms with Crippen molar-refractivity contribution in [1.82, 2.24) is 0 Å². The maximum atomic E-state index is 2.44. The Bertz CT molecular complexity index is 1310. The molecule has 0 N–H and O–H groups in total. The van der Waals surface area contributed by atoms with Gasteiger partial charge in [0, 0.05) is 15.2 Å². The normalized spacial score (nSPS) is 15.5. The summed E-state index contributed by atoms with van der Waals surface area (Å²) in [6.07, 6.45) is 0. The SMILES string of the molecule is CC1(C)c2ccccc2Sc2c1cc1ccc3cccc4ccc2c1c34. The molecule has 0 atom stereocenters. The number of hydrogen-bond donors (Lipinski definition) is 0. The van der Waals surface area contributed by atoms with Gasteiger partial charge in [-0.15, -0.1) is 0 Å². The third-order valence-electron chi connectivity index (χ3n) is 6.04.